The number of nitrogens with one attached hydrogen (secondary N) is 2. The molecule has 0 fully saturated rings. The highest BCUT2D eigenvalue weighted by molar-refractivity contribution is 5.95. The lowest BCUT2D eigenvalue weighted by Gasteiger charge is -2.15. The molecule has 0 saturated heterocycles. The molecule has 1 unspecified atom stereocenters. The summed E-state index contributed by atoms with van der Waals surface area (Å²) in [6, 6.07) is 8.16. The molecule has 0 heterocycles. The Morgan fingerprint density at radius 3 is 2.70 bits per heavy atom. The molecule has 1 rings (SSSR count). The van der Waals surface area contributed by atoms with Gasteiger partial charge in [0.2, 0.25) is 0 Å². The van der Waals surface area contributed by atoms with E-state index < -0.39 is 0 Å². The smallest absolute Gasteiger partial charge is 0.251 e. The maximum Gasteiger partial charge on any atom is 0.251 e. The van der Waals surface area contributed by atoms with E-state index in [-0.39, 0.29) is 5.91 Å². The van der Waals surface area contributed by atoms with Crippen molar-refractivity contribution in [1.29, 1.82) is 0 Å². The second-order valence-corrected chi connectivity index (χ2v) is 5.33. The number of unbranched alkanes of at least 4 members (excludes halogenated alkanes) is 3. The van der Waals surface area contributed by atoms with Crippen LogP contribution in [-0.2, 0) is 0 Å². The lowest BCUT2D eigenvalue weighted by atomic mass is 10.1. The van der Waals surface area contributed by atoms with Crippen molar-refractivity contribution in [1.82, 2.24) is 5.32 Å². The predicted octanol–water partition coefficient (Wildman–Crippen LogP) is 4.21. The summed E-state index contributed by atoms with van der Waals surface area (Å²) in [7, 11) is 0. The van der Waals surface area contributed by atoms with Crippen LogP contribution < -0.4 is 10.6 Å². The maximum atomic E-state index is 11.8. The van der Waals surface area contributed by atoms with Crippen LogP contribution in [0.5, 0.6) is 0 Å². The van der Waals surface area contributed by atoms with Crippen molar-refractivity contribution >= 4 is 11.6 Å². The van der Waals surface area contributed by atoms with Gasteiger partial charge < -0.3 is 10.6 Å². The Balaban J connectivity index is 2.46. The second-order valence-electron chi connectivity index (χ2n) is 5.33. The summed E-state index contributed by atoms with van der Waals surface area (Å²) < 4.78 is 0. The van der Waals surface area contributed by atoms with Gasteiger partial charge in [-0.3, -0.25) is 4.79 Å². The van der Waals surface area contributed by atoms with Gasteiger partial charge in [-0.25, -0.2) is 0 Å². The van der Waals surface area contributed by atoms with Crippen LogP contribution in [0.25, 0.3) is 0 Å². The molecule has 0 aliphatic carbocycles. The minimum atomic E-state index is -0.00764. The van der Waals surface area contributed by atoms with E-state index in [0.29, 0.717) is 12.6 Å². The molecular formula is C17H28N2O. The van der Waals surface area contributed by atoms with Gasteiger partial charge in [-0.1, -0.05) is 38.7 Å². The minimum absolute atomic E-state index is 0.00764. The Morgan fingerprint density at radius 1 is 1.20 bits per heavy atom. The first-order valence-corrected chi connectivity index (χ1v) is 7.82. The SMILES string of the molecule is CCCCCCC(C)Nc1cccc(C(=O)NCC)c1. The van der Waals surface area contributed by atoms with Crippen molar-refractivity contribution in [3.8, 4) is 0 Å². The Bertz CT molecular complexity index is 404. The first-order chi connectivity index (χ1) is 9.67. The maximum absolute atomic E-state index is 11.8. The van der Waals surface area contributed by atoms with Crippen LogP contribution in [0, 0.1) is 0 Å². The van der Waals surface area contributed by atoms with E-state index in [1.807, 2.05) is 31.2 Å². The Labute approximate surface area is 123 Å². The molecule has 1 aromatic rings. The summed E-state index contributed by atoms with van der Waals surface area (Å²) in [5.74, 6) is -0.00764. The van der Waals surface area contributed by atoms with Crippen LogP contribution in [0.4, 0.5) is 5.69 Å². The average molecular weight is 276 g/mol. The highest BCUT2D eigenvalue weighted by Gasteiger charge is 2.06. The van der Waals surface area contributed by atoms with Crippen LogP contribution in [0.3, 0.4) is 0 Å². The summed E-state index contributed by atoms with van der Waals surface area (Å²) >= 11 is 0. The minimum Gasteiger partial charge on any atom is -0.383 e. The van der Waals surface area contributed by atoms with Crippen molar-refractivity contribution in [2.45, 2.75) is 58.9 Å². The largest absolute Gasteiger partial charge is 0.383 e. The van der Waals surface area contributed by atoms with E-state index in [0.717, 1.165) is 11.3 Å². The number of anilines is 1. The fourth-order valence-electron chi connectivity index (χ4n) is 2.25. The van der Waals surface area contributed by atoms with Crippen molar-refractivity contribution in [3.63, 3.8) is 0 Å². The summed E-state index contributed by atoms with van der Waals surface area (Å²) in [6.07, 6.45) is 6.33. The first-order valence-electron chi connectivity index (χ1n) is 7.82. The second kappa shape index (κ2) is 9.40. The highest BCUT2D eigenvalue weighted by atomic mass is 16.1. The van der Waals surface area contributed by atoms with Gasteiger partial charge in [0.1, 0.15) is 0 Å². The number of carbonyl (C=O) groups is 1. The molecule has 20 heavy (non-hydrogen) atoms. The number of hydrogen-bond acceptors (Lipinski definition) is 2. The van der Waals surface area contributed by atoms with Gasteiger partial charge in [0.15, 0.2) is 0 Å². The third-order valence-corrected chi connectivity index (χ3v) is 3.37. The molecule has 1 atom stereocenters. The van der Waals surface area contributed by atoms with Crippen molar-refractivity contribution in [2.24, 2.45) is 0 Å². The lowest BCUT2D eigenvalue weighted by Crippen LogP contribution is -2.23. The zero-order valence-corrected chi connectivity index (χ0v) is 13.0. The van der Waals surface area contributed by atoms with Crippen molar-refractivity contribution < 1.29 is 4.79 Å². The summed E-state index contributed by atoms with van der Waals surface area (Å²) in [6.45, 7) is 7.02. The molecular weight excluding hydrogens is 248 g/mol. The summed E-state index contributed by atoms with van der Waals surface area (Å²) in [5, 5.41) is 6.30. The zero-order chi connectivity index (χ0) is 14.8. The normalized spacial score (nSPS) is 11.9. The van der Waals surface area contributed by atoms with E-state index in [2.05, 4.69) is 24.5 Å². The van der Waals surface area contributed by atoms with Crippen molar-refractivity contribution in [2.75, 3.05) is 11.9 Å². The Kier molecular flexibility index (Phi) is 7.78. The number of carbonyl (C=O) groups excluding carboxylic acids is 1. The van der Waals surface area contributed by atoms with Crippen molar-refractivity contribution in [3.05, 3.63) is 29.8 Å². The number of hydrogen-bond donors (Lipinski definition) is 2. The Hall–Kier alpha value is -1.51. The van der Waals surface area contributed by atoms with Crippen LogP contribution >= 0.6 is 0 Å². The molecule has 0 aliphatic rings. The zero-order valence-electron chi connectivity index (χ0n) is 13.0. The number of rotatable bonds is 9. The molecule has 1 amide bonds. The number of benzene rings is 1. The van der Waals surface area contributed by atoms with Gasteiger partial charge >= 0.3 is 0 Å². The van der Waals surface area contributed by atoms with Gasteiger partial charge in [0, 0.05) is 23.8 Å². The topological polar surface area (TPSA) is 41.1 Å². The fourth-order valence-corrected chi connectivity index (χ4v) is 2.25. The molecule has 3 heteroatoms. The van der Waals surface area contributed by atoms with Gasteiger partial charge in [-0.15, -0.1) is 0 Å². The molecule has 3 nitrogen and oxygen atoms in total. The Morgan fingerprint density at radius 2 is 2.00 bits per heavy atom. The molecule has 0 saturated carbocycles. The lowest BCUT2D eigenvalue weighted by molar-refractivity contribution is 0.0956. The summed E-state index contributed by atoms with van der Waals surface area (Å²) in [5.41, 5.74) is 1.74. The first kappa shape index (κ1) is 16.5. The third-order valence-electron chi connectivity index (χ3n) is 3.37. The van der Waals surface area contributed by atoms with Crippen LogP contribution in [-0.4, -0.2) is 18.5 Å². The molecule has 1 aromatic carbocycles. The van der Waals surface area contributed by atoms with E-state index in [1.54, 1.807) is 0 Å². The highest BCUT2D eigenvalue weighted by Crippen LogP contribution is 2.14. The number of amides is 1. The van der Waals surface area contributed by atoms with Gasteiger partial charge in [-0.2, -0.15) is 0 Å². The standard InChI is InChI=1S/C17H28N2O/c1-4-6-7-8-10-14(3)19-16-12-9-11-15(13-16)17(20)18-5-2/h9,11-14,19H,4-8,10H2,1-3H3,(H,18,20). The van der Waals surface area contributed by atoms with E-state index in [4.69, 9.17) is 0 Å². The molecule has 112 valence electrons. The van der Waals surface area contributed by atoms with Gasteiger partial charge in [0.25, 0.3) is 5.91 Å². The van der Waals surface area contributed by atoms with E-state index in [9.17, 15) is 4.79 Å². The van der Waals surface area contributed by atoms with E-state index >= 15 is 0 Å². The van der Waals surface area contributed by atoms with Gasteiger partial charge in [0.05, 0.1) is 0 Å². The van der Waals surface area contributed by atoms with Crippen LogP contribution in [0.1, 0.15) is 63.2 Å². The van der Waals surface area contributed by atoms with Crippen LogP contribution in [0.15, 0.2) is 24.3 Å². The molecule has 0 aromatic heterocycles. The molecule has 0 bridgehead atoms. The monoisotopic (exact) mass is 276 g/mol. The van der Waals surface area contributed by atoms with Crippen LogP contribution in [0.2, 0.25) is 0 Å². The fraction of sp³-hybridized carbons (Fsp3) is 0.588. The predicted molar refractivity (Wildman–Crippen MR) is 86.3 cm³/mol. The molecule has 2 N–H and O–H groups in total. The average Bonchev–Trinajstić information content (AvgIpc) is 2.44. The summed E-state index contributed by atoms with van der Waals surface area (Å²) in [4.78, 5) is 11.8. The third kappa shape index (κ3) is 6.09. The van der Waals surface area contributed by atoms with Gasteiger partial charge in [-0.05, 0) is 38.5 Å². The van der Waals surface area contributed by atoms with E-state index in [1.165, 1.54) is 32.1 Å². The molecule has 0 radical (unpaired) electrons. The molecule has 0 aliphatic heterocycles. The molecule has 0 spiro atoms. The quantitative estimate of drug-likeness (QED) is 0.663.